The molecule has 2 saturated heterocycles. The molecule has 4 nitrogen and oxygen atoms in total. The molecule has 0 bridgehead atoms. The highest BCUT2D eigenvalue weighted by Crippen LogP contribution is 2.35. The number of thiophene rings is 1. The van der Waals surface area contributed by atoms with Gasteiger partial charge in [0.15, 0.2) is 0 Å². The van der Waals surface area contributed by atoms with Gasteiger partial charge in [0.05, 0.1) is 12.6 Å². The third-order valence-electron chi connectivity index (χ3n) is 4.07. The largest absolute Gasteiger partial charge is 0.344 e. The lowest BCUT2D eigenvalue weighted by atomic mass is 10.2. The summed E-state index contributed by atoms with van der Waals surface area (Å²) < 4.78 is 0. The number of likely N-dealkylation sites (tertiary alicyclic amines) is 1. The Morgan fingerprint density at radius 3 is 2.95 bits per heavy atom. The van der Waals surface area contributed by atoms with E-state index in [2.05, 4.69) is 29.3 Å². The van der Waals surface area contributed by atoms with E-state index in [9.17, 15) is 9.59 Å². The van der Waals surface area contributed by atoms with Gasteiger partial charge < -0.3 is 5.32 Å². The SMILES string of the molecule is Cc1ccc([C@H]2CCCN2CC(=O)N[C@H]2CCSC2=O)s1. The molecule has 0 saturated carbocycles. The molecule has 2 aliphatic heterocycles. The summed E-state index contributed by atoms with van der Waals surface area (Å²) in [5.74, 6) is 0.806. The van der Waals surface area contributed by atoms with E-state index in [0.29, 0.717) is 12.6 Å². The number of rotatable bonds is 4. The van der Waals surface area contributed by atoms with Gasteiger partial charge in [0.1, 0.15) is 0 Å². The average molecular weight is 324 g/mol. The second kappa shape index (κ2) is 6.50. The van der Waals surface area contributed by atoms with Gasteiger partial charge in [-0.25, -0.2) is 0 Å². The molecular formula is C15H20N2O2S2. The van der Waals surface area contributed by atoms with Crippen LogP contribution in [0, 0.1) is 6.92 Å². The predicted molar refractivity (Wildman–Crippen MR) is 86.6 cm³/mol. The van der Waals surface area contributed by atoms with Crippen LogP contribution in [0.4, 0.5) is 0 Å². The van der Waals surface area contributed by atoms with Gasteiger partial charge >= 0.3 is 0 Å². The maximum absolute atomic E-state index is 12.2. The maximum atomic E-state index is 12.2. The van der Waals surface area contributed by atoms with Gasteiger partial charge in [0.2, 0.25) is 11.0 Å². The molecule has 0 spiro atoms. The van der Waals surface area contributed by atoms with Crippen LogP contribution in [0.1, 0.15) is 35.1 Å². The number of hydrogen-bond acceptors (Lipinski definition) is 5. The van der Waals surface area contributed by atoms with Crippen molar-refractivity contribution in [3.63, 3.8) is 0 Å². The molecule has 114 valence electrons. The highest BCUT2D eigenvalue weighted by atomic mass is 32.2. The standard InChI is InChI=1S/C15H20N2O2S2/c1-10-4-5-13(21-10)12-3-2-7-17(12)9-14(18)16-11-6-8-20-15(11)19/h4-5,11-12H,2-3,6-9H2,1H3,(H,16,18)/t11-,12+/m0/s1. The molecule has 1 amide bonds. The van der Waals surface area contributed by atoms with Crippen molar-refractivity contribution in [1.29, 1.82) is 0 Å². The highest BCUT2D eigenvalue weighted by molar-refractivity contribution is 8.14. The first-order valence-electron chi connectivity index (χ1n) is 7.40. The number of carbonyl (C=O) groups is 2. The van der Waals surface area contributed by atoms with Crippen LogP contribution in [-0.2, 0) is 9.59 Å². The van der Waals surface area contributed by atoms with Gasteiger partial charge in [-0.3, -0.25) is 14.5 Å². The smallest absolute Gasteiger partial charge is 0.234 e. The van der Waals surface area contributed by atoms with Crippen LogP contribution in [0.2, 0.25) is 0 Å². The van der Waals surface area contributed by atoms with E-state index >= 15 is 0 Å². The minimum Gasteiger partial charge on any atom is -0.344 e. The van der Waals surface area contributed by atoms with Crippen LogP contribution >= 0.6 is 23.1 Å². The van der Waals surface area contributed by atoms with E-state index in [-0.39, 0.29) is 17.1 Å². The van der Waals surface area contributed by atoms with E-state index in [0.717, 1.165) is 31.6 Å². The number of thioether (sulfide) groups is 1. The Bertz CT molecular complexity index is 544. The monoisotopic (exact) mass is 324 g/mol. The van der Waals surface area contributed by atoms with Gasteiger partial charge in [-0.05, 0) is 44.9 Å². The molecular weight excluding hydrogens is 304 g/mol. The summed E-state index contributed by atoms with van der Waals surface area (Å²) in [5.41, 5.74) is 0. The summed E-state index contributed by atoms with van der Waals surface area (Å²) in [6.07, 6.45) is 3.02. The topological polar surface area (TPSA) is 49.4 Å². The molecule has 2 fully saturated rings. The first kappa shape index (κ1) is 15.1. The fourth-order valence-corrected chi connectivity index (χ4v) is 5.00. The van der Waals surface area contributed by atoms with Crippen molar-refractivity contribution < 1.29 is 9.59 Å². The summed E-state index contributed by atoms with van der Waals surface area (Å²) in [7, 11) is 0. The summed E-state index contributed by atoms with van der Waals surface area (Å²) >= 11 is 3.14. The summed E-state index contributed by atoms with van der Waals surface area (Å²) in [4.78, 5) is 28.7. The van der Waals surface area contributed by atoms with Gasteiger partial charge in [0.25, 0.3) is 0 Å². The number of aryl methyl sites for hydroxylation is 1. The number of nitrogens with zero attached hydrogens (tertiary/aromatic N) is 1. The van der Waals surface area contributed by atoms with Crippen LogP contribution in [0.3, 0.4) is 0 Å². The molecule has 21 heavy (non-hydrogen) atoms. The number of carbonyl (C=O) groups excluding carboxylic acids is 2. The Kier molecular flexibility index (Phi) is 4.66. The predicted octanol–water partition coefficient (Wildman–Crippen LogP) is 2.34. The highest BCUT2D eigenvalue weighted by Gasteiger charge is 2.31. The molecule has 2 aliphatic rings. The average Bonchev–Trinajstić information content (AvgIpc) is 3.13. The quantitative estimate of drug-likeness (QED) is 0.923. The zero-order valence-corrected chi connectivity index (χ0v) is 13.8. The lowest BCUT2D eigenvalue weighted by molar-refractivity contribution is -0.125. The van der Waals surface area contributed by atoms with Crippen molar-refractivity contribution in [2.75, 3.05) is 18.8 Å². The van der Waals surface area contributed by atoms with Crippen molar-refractivity contribution in [2.45, 2.75) is 38.3 Å². The molecule has 3 heterocycles. The van der Waals surface area contributed by atoms with Crippen molar-refractivity contribution in [2.24, 2.45) is 0 Å². The molecule has 0 unspecified atom stereocenters. The third kappa shape index (κ3) is 3.49. The Morgan fingerprint density at radius 1 is 1.43 bits per heavy atom. The van der Waals surface area contributed by atoms with Gasteiger partial charge in [-0.15, -0.1) is 11.3 Å². The summed E-state index contributed by atoms with van der Waals surface area (Å²) in [5, 5.41) is 2.99. The van der Waals surface area contributed by atoms with Crippen molar-refractivity contribution >= 4 is 34.1 Å². The van der Waals surface area contributed by atoms with Crippen LogP contribution in [-0.4, -0.2) is 40.8 Å². The molecule has 6 heteroatoms. The number of hydrogen-bond donors (Lipinski definition) is 1. The van der Waals surface area contributed by atoms with Gasteiger partial charge in [0, 0.05) is 21.5 Å². The van der Waals surface area contributed by atoms with Crippen LogP contribution in [0.15, 0.2) is 12.1 Å². The molecule has 0 aromatic carbocycles. The Hall–Kier alpha value is -0.850. The Balaban J connectivity index is 1.58. The first-order valence-corrected chi connectivity index (χ1v) is 9.20. The van der Waals surface area contributed by atoms with Crippen molar-refractivity contribution in [1.82, 2.24) is 10.2 Å². The number of amides is 1. The Morgan fingerprint density at radius 2 is 2.29 bits per heavy atom. The van der Waals surface area contributed by atoms with Gasteiger partial charge in [-0.2, -0.15) is 0 Å². The zero-order valence-electron chi connectivity index (χ0n) is 12.1. The lowest BCUT2D eigenvalue weighted by Crippen LogP contribution is -2.43. The van der Waals surface area contributed by atoms with Crippen molar-refractivity contribution in [3.8, 4) is 0 Å². The summed E-state index contributed by atoms with van der Waals surface area (Å²) in [6.45, 7) is 3.47. The second-order valence-electron chi connectivity index (χ2n) is 5.65. The Labute approximate surface area is 133 Å². The van der Waals surface area contributed by atoms with E-state index < -0.39 is 0 Å². The van der Waals surface area contributed by atoms with Crippen molar-refractivity contribution in [3.05, 3.63) is 21.9 Å². The van der Waals surface area contributed by atoms with Crippen LogP contribution in [0.5, 0.6) is 0 Å². The van der Waals surface area contributed by atoms with E-state index in [1.54, 1.807) is 0 Å². The fraction of sp³-hybridized carbons (Fsp3) is 0.600. The molecule has 1 aromatic heterocycles. The first-order chi connectivity index (χ1) is 10.1. The van der Waals surface area contributed by atoms with Crippen LogP contribution in [0.25, 0.3) is 0 Å². The molecule has 2 atom stereocenters. The normalized spacial score (nSPS) is 26.4. The maximum Gasteiger partial charge on any atom is 0.234 e. The molecule has 3 rings (SSSR count). The van der Waals surface area contributed by atoms with E-state index in [1.807, 2.05) is 11.3 Å². The third-order valence-corrected chi connectivity index (χ3v) is 6.18. The van der Waals surface area contributed by atoms with E-state index in [1.165, 1.54) is 21.5 Å². The molecule has 1 N–H and O–H groups in total. The number of nitrogens with one attached hydrogen (secondary N) is 1. The lowest BCUT2D eigenvalue weighted by Gasteiger charge is -2.23. The molecule has 0 radical (unpaired) electrons. The minimum absolute atomic E-state index is 0.0176. The minimum atomic E-state index is -0.271. The van der Waals surface area contributed by atoms with Crippen LogP contribution < -0.4 is 5.32 Å². The zero-order chi connectivity index (χ0) is 14.8. The van der Waals surface area contributed by atoms with Gasteiger partial charge in [-0.1, -0.05) is 11.8 Å². The fourth-order valence-electron chi connectivity index (χ4n) is 3.02. The second-order valence-corrected chi connectivity index (χ2v) is 8.07. The summed E-state index contributed by atoms with van der Waals surface area (Å²) in [6, 6.07) is 4.42. The molecule has 0 aliphatic carbocycles. The van der Waals surface area contributed by atoms with E-state index in [4.69, 9.17) is 0 Å². The molecule has 1 aromatic rings.